The summed E-state index contributed by atoms with van der Waals surface area (Å²) in [5, 5.41) is 2.82. The van der Waals surface area contributed by atoms with Gasteiger partial charge in [0.1, 0.15) is 12.4 Å². The van der Waals surface area contributed by atoms with Crippen LogP contribution in [0.5, 0.6) is 5.75 Å². The number of benzene rings is 3. The highest BCUT2D eigenvalue weighted by molar-refractivity contribution is 9.10. The number of anilines is 1. The molecule has 172 valence electrons. The van der Waals surface area contributed by atoms with Crippen LogP contribution in [-0.4, -0.2) is 11.8 Å². The molecule has 0 spiro atoms. The molecule has 6 nitrogen and oxygen atoms in total. The normalized spacial score (nSPS) is 10.5. The van der Waals surface area contributed by atoms with Crippen molar-refractivity contribution in [2.45, 2.75) is 32.4 Å². The first-order valence-electron chi connectivity index (χ1n) is 10.5. The molecule has 33 heavy (non-hydrogen) atoms. The summed E-state index contributed by atoms with van der Waals surface area (Å²) < 4.78 is 7.83. The molecule has 3 aromatic rings. The van der Waals surface area contributed by atoms with Crippen molar-refractivity contribution >= 4 is 49.4 Å². The van der Waals surface area contributed by atoms with E-state index in [2.05, 4.69) is 48.0 Å². The van der Waals surface area contributed by atoms with Crippen molar-refractivity contribution in [3.8, 4) is 5.75 Å². The van der Waals surface area contributed by atoms with Gasteiger partial charge in [0.2, 0.25) is 11.8 Å². The van der Waals surface area contributed by atoms with Crippen molar-refractivity contribution in [1.29, 1.82) is 0 Å². The zero-order valence-electron chi connectivity index (χ0n) is 17.9. The van der Waals surface area contributed by atoms with Gasteiger partial charge < -0.3 is 10.1 Å². The number of nitrogens with one attached hydrogen (secondary N) is 3. The van der Waals surface area contributed by atoms with E-state index in [-0.39, 0.29) is 24.7 Å². The molecule has 0 unspecified atom stereocenters. The van der Waals surface area contributed by atoms with Gasteiger partial charge in [0, 0.05) is 39.6 Å². The van der Waals surface area contributed by atoms with Gasteiger partial charge in [-0.2, -0.15) is 0 Å². The van der Waals surface area contributed by atoms with E-state index in [1.54, 1.807) is 0 Å². The van der Waals surface area contributed by atoms with Gasteiger partial charge >= 0.3 is 0 Å². The molecule has 8 heteroatoms. The van der Waals surface area contributed by atoms with Gasteiger partial charge in [-0.05, 0) is 54.4 Å². The molecule has 3 N–H and O–H groups in total. The molecule has 0 saturated heterocycles. The minimum absolute atomic E-state index is 0.118. The van der Waals surface area contributed by atoms with E-state index in [0.717, 1.165) is 31.5 Å². The Hall–Kier alpha value is -2.68. The maximum Gasteiger partial charge on any atom is 0.234 e. The summed E-state index contributed by atoms with van der Waals surface area (Å²) in [7, 11) is 0. The monoisotopic (exact) mass is 573 g/mol. The fraction of sp³-hybridized carbons (Fsp3) is 0.200. The molecule has 0 bridgehead atoms. The van der Waals surface area contributed by atoms with Gasteiger partial charge in [0.25, 0.3) is 0 Å². The summed E-state index contributed by atoms with van der Waals surface area (Å²) in [4.78, 5) is 24.1. The Balaban J connectivity index is 1.38. The maximum absolute atomic E-state index is 12.1. The summed E-state index contributed by atoms with van der Waals surface area (Å²) in [5.74, 6) is 0.453. The molecule has 0 heterocycles. The fourth-order valence-electron chi connectivity index (χ4n) is 3.03. The largest absolute Gasteiger partial charge is 0.489 e. The predicted octanol–water partition coefficient (Wildman–Crippen LogP) is 5.72. The Morgan fingerprint density at radius 3 is 2.27 bits per heavy atom. The van der Waals surface area contributed by atoms with E-state index in [1.165, 1.54) is 0 Å². The molecule has 0 aliphatic carbocycles. The molecule has 0 atom stereocenters. The number of halogens is 2. The molecule has 0 fully saturated rings. The number of carbonyl (C=O) groups excluding carboxylic acids is 2. The summed E-state index contributed by atoms with van der Waals surface area (Å²) in [5.41, 5.74) is 8.35. The molecular formula is C25H25Br2N3O3. The summed E-state index contributed by atoms with van der Waals surface area (Å²) >= 11 is 6.83. The minimum Gasteiger partial charge on any atom is -0.489 e. The van der Waals surface area contributed by atoms with E-state index in [4.69, 9.17) is 4.74 Å². The van der Waals surface area contributed by atoms with Gasteiger partial charge in [0.05, 0.1) is 0 Å². The van der Waals surface area contributed by atoms with Crippen molar-refractivity contribution in [2.24, 2.45) is 0 Å². The van der Waals surface area contributed by atoms with Crippen LogP contribution in [0.4, 0.5) is 5.69 Å². The third-order valence-electron chi connectivity index (χ3n) is 4.70. The number of amides is 2. The van der Waals surface area contributed by atoms with Crippen LogP contribution in [0.1, 0.15) is 30.4 Å². The number of hydrogen-bond donors (Lipinski definition) is 3. The second-order valence-corrected chi connectivity index (χ2v) is 9.17. The highest BCUT2D eigenvalue weighted by Gasteiger charge is 2.08. The highest BCUT2D eigenvalue weighted by atomic mass is 79.9. The van der Waals surface area contributed by atoms with Crippen molar-refractivity contribution < 1.29 is 14.3 Å². The Kier molecular flexibility index (Phi) is 9.93. The van der Waals surface area contributed by atoms with E-state index >= 15 is 0 Å². The van der Waals surface area contributed by atoms with Crippen molar-refractivity contribution in [1.82, 2.24) is 10.9 Å². The highest BCUT2D eigenvalue weighted by Crippen LogP contribution is 2.24. The van der Waals surface area contributed by atoms with Crippen LogP contribution in [0, 0.1) is 0 Å². The van der Waals surface area contributed by atoms with Crippen molar-refractivity contribution in [3.05, 3.63) is 92.9 Å². The Morgan fingerprint density at radius 2 is 1.52 bits per heavy atom. The second kappa shape index (κ2) is 13.1. The lowest BCUT2D eigenvalue weighted by Gasteiger charge is -2.13. The molecule has 3 aromatic carbocycles. The third-order valence-corrected chi connectivity index (χ3v) is 5.72. The summed E-state index contributed by atoms with van der Waals surface area (Å²) in [6.07, 6.45) is 0.974. The first-order chi connectivity index (χ1) is 16.0. The van der Waals surface area contributed by atoms with Gasteiger partial charge in [0.15, 0.2) is 0 Å². The maximum atomic E-state index is 12.1. The van der Waals surface area contributed by atoms with Crippen molar-refractivity contribution in [2.75, 3.05) is 5.32 Å². The minimum atomic E-state index is -0.173. The number of hydrogen-bond acceptors (Lipinski definition) is 4. The Morgan fingerprint density at radius 1 is 0.818 bits per heavy atom. The SMILES string of the molecule is O=C(CCCC(=O)Nc1ccc(Br)cc1)NNCc1cc(Br)ccc1OCc1ccccc1. The zero-order chi connectivity index (χ0) is 23.5. The van der Waals surface area contributed by atoms with Crippen LogP contribution in [-0.2, 0) is 22.7 Å². The molecule has 0 aliphatic heterocycles. The number of hydrazine groups is 1. The van der Waals surface area contributed by atoms with Gasteiger partial charge in [-0.3, -0.25) is 15.0 Å². The molecule has 0 radical (unpaired) electrons. The van der Waals surface area contributed by atoms with Crippen LogP contribution in [0.25, 0.3) is 0 Å². The quantitative estimate of drug-likeness (QED) is 0.256. The molecule has 0 aliphatic rings. The third kappa shape index (κ3) is 9.00. The Labute approximate surface area is 210 Å². The van der Waals surface area contributed by atoms with Crippen molar-refractivity contribution in [3.63, 3.8) is 0 Å². The van der Waals surface area contributed by atoms with E-state index < -0.39 is 0 Å². The lowest BCUT2D eigenvalue weighted by atomic mass is 10.2. The average Bonchev–Trinajstić information content (AvgIpc) is 2.81. The average molecular weight is 575 g/mol. The predicted molar refractivity (Wildman–Crippen MR) is 137 cm³/mol. The molecule has 0 saturated carbocycles. The number of rotatable bonds is 11. The molecule has 3 rings (SSSR count). The molecule has 0 aromatic heterocycles. The molecular weight excluding hydrogens is 550 g/mol. The van der Waals surface area contributed by atoms with E-state index in [0.29, 0.717) is 19.6 Å². The topological polar surface area (TPSA) is 79.5 Å². The fourth-order valence-corrected chi connectivity index (χ4v) is 3.70. The van der Waals surface area contributed by atoms with Crippen LogP contribution < -0.4 is 20.9 Å². The number of carbonyl (C=O) groups is 2. The van der Waals surface area contributed by atoms with Crippen LogP contribution >= 0.6 is 31.9 Å². The standard InChI is InChI=1S/C25H25Br2N3O3/c26-20-9-12-22(13-10-20)29-24(31)7-4-8-25(32)30-28-16-19-15-21(27)11-14-23(19)33-17-18-5-2-1-3-6-18/h1-3,5-6,9-15,28H,4,7-8,16-17H2,(H,29,31)(H,30,32). The number of ether oxygens (including phenoxy) is 1. The van der Waals surface area contributed by atoms with Gasteiger partial charge in [-0.15, -0.1) is 0 Å². The first kappa shape index (κ1) is 25.0. The van der Waals surface area contributed by atoms with Gasteiger partial charge in [-0.1, -0.05) is 62.2 Å². The molecule has 2 amide bonds. The lowest BCUT2D eigenvalue weighted by molar-refractivity contribution is -0.122. The van der Waals surface area contributed by atoms with E-state index in [9.17, 15) is 9.59 Å². The van der Waals surface area contributed by atoms with Crippen LogP contribution in [0.15, 0.2) is 81.7 Å². The second-order valence-electron chi connectivity index (χ2n) is 7.34. The summed E-state index contributed by atoms with van der Waals surface area (Å²) in [6, 6.07) is 23.1. The zero-order valence-corrected chi connectivity index (χ0v) is 21.1. The van der Waals surface area contributed by atoms with Crippen LogP contribution in [0.3, 0.4) is 0 Å². The summed E-state index contributed by atoms with van der Waals surface area (Å²) in [6.45, 7) is 0.865. The van der Waals surface area contributed by atoms with Gasteiger partial charge in [-0.25, -0.2) is 5.43 Å². The smallest absolute Gasteiger partial charge is 0.234 e. The first-order valence-corrected chi connectivity index (χ1v) is 12.1. The van der Waals surface area contributed by atoms with Crippen LogP contribution in [0.2, 0.25) is 0 Å². The lowest BCUT2D eigenvalue weighted by Crippen LogP contribution is -2.36. The Bertz CT molecular complexity index is 1060. The van der Waals surface area contributed by atoms with E-state index in [1.807, 2.05) is 72.8 Å².